The molecule has 0 spiro atoms. The van der Waals surface area contributed by atoms with Gasteiger partial charge in [-0.25, -0.2) is 0 Å². The van der Waals surface area contributed by atoms with Crippen molar-refractivity contribution >= 4 is 12.0 Å². The molecule has 0 bridgehead atoms. The van der Waals surface area contributed by atoms with Crippen LogP contribution in [0, 0.1) is 0 Å². The van der Waals surface area contributed by atoms with E-state index in [2.05, 4.69) is 4.99 Å². The lowest BCUT2D eigenvalue weighted by atomic mass is 10.0. The van der Waals surface area contributed by atoms with Crippen LogP contribution in [0.25, 0.3) is 0 Å². The van der Waals surface area contributed by atoms with Gasteiger partial charge >= 0.3 is 0 Å². The van der Waals surface area contributed by atoms with E-state index < -0.39 is 0 Å². The van der Waals surface area contributed by atoms with Crippen LogP contribution in [0.1, 0.15) is 0 Å². The minimum absolute atomic E-state index is 0.0682. The summed E-state index contributed by atoms with van der Waals surface area (Å²) < 4.78 is 5.40. The molecule has 1 unspecified atom stereocenters. The van der Waals surface area contributed by atoms with Gasteiger partial charge < -0.3 is 4.74 Å². The Kier molecular flexibility index (Phi) is 1.87. The standard InChI is InChI=1S/C9H9NO2/c11-6-8-4-7-2-1-3-12-9(7)5-10-8/h1-2,4,6,9H,3,5H2. The predicted molar refractivity (Wildman–Crippen MR) is 45.3 cm³/mol. The highest BCUT2D eigenvalue weighted by molar-refractivity contribution is 6.34. The minimum atomic E-state index is 0.0682. The Balaban J connectivity index is 2.28. The highest BCUT2D eigenvalue weighted by atomic mass is 16.5. The maximum Gasteiger partial charge on any atom is 0.167 e. The molecule has 0 aromatic heterocycles. The van der Waals surface area contributed by atoms with E-state index in [0.717, 1.165) is 11.9 Å². The zero-order valence-electron chi connectivity index (χ0n) is 6.56. The summed E-state index contributed by atoms with van der Waals surface area (Å²) >= 11 is 0. The van der Waals surface area contributed by atoms with E-state index >= 15 is 0 Å². The van der Waals surface area contributed by atoms with Crippen molar-refractivity contribution in [2.45, 2.75) is 6.10 Å². The second kappa shape index (κ2) is 3.03. The van der Waals surface area contributed by atoms with Crippen molar-refractivity contribution in [2.75, 3.05) is 13.2 Å². The summed E-state index contributed by atoms with van der Waals surface area (Å²) in [5, 5.41) is 0. The Morgan fingerprint density at radius 3 is 3.42 bits per heavy atom. The lowest BCUT2D eigenvalue weighted by Crippen LogP contribution is -2.26. The molecule has 0 aromatic carbocycles. The summed E-state index contributed by atoms with van der Waals surface area (Å²) in [5.74, 6) is 0. The number of hydrogen-bond acceptors (Lipinski definition) is 3. The number of aldehydes is 1. The highest BCUT2D eigenvalue weighted by Crippen LogP contribution is 2.17. The summed E-state index contributed by atoms with van der Waals surface area (Å²) in [5.41, 5.74) is 1.56. The quantitative estimate of drug-likeness (QED) is 0.528. The van der Waals surface area contributed by atoms with Crippen LogP contribution in [0.15, 0.2) is 28.8 Å². The van der Waals surface area contributed by atoms with Crippen molar-refractivity contribution in [3.63, 3.8) is 0 Å². The monoisotopic (exact) mass is 163 g/mol. The third-order valence-electron chi connectivity index (χ3n) is 1.95. The molecule has 0 saturated heterocycles. The molecule has 0 fully saturated rings. The first kappa shape index (κ1) is 7.43. The van der Waals surface area contributed by atoms with Gasteiger partial charge in [0.2, 0.25) is 0 Å². The predicted octanol–water partition coefficient (Wildman–Crippen LogP) is 0.521. The molecule has 0 amide bonds. The Bertz CT molecular complexity index is 289. The van der Waals surface area contributed by atoms with E-state index in [1.54, 1.807) is 6.08 Å². The second-order valence-corrected chi connectivity index (χ2v) is 2.75. The Hall–Kier alpha value is -1.22. The molecule has 62 valence electrons. The van der Waals surface area contributed by atoms with Crippen LogP contribution >= 0.6 is 0 Å². The summed E-state index contributed by atoms with van der Waals surface area (Å²) in [4.78, 5) is 14.4. The van der Waals surface area contributed by atoms with Crippen molar-refractivity contribution in [3.05, 3.63) is 23.8 Å². The Morgan fingerprint density at radius 2 is 2.58 bits per heavy atom. The molecule has 2 heterocycles. The van der Waals surface area contributed by atoms with Crippen molar-refractivity contribution in [1.29, 1.82) is 0 Å². The molecular formula is C9H9NO2. The van der Waals surface area contributed by atoms with Crippen molar-refractivity contribution in [1.82, 2.24) is 0 Å². The third-order valence-corrected chi connectivity index (χ3v) is 1.95. The Labute approximate surface area is 70.4 Å². The van der Waals surface area contributed by atoms with Crippen LogP contribution in [0.3, 0.4) is 0 Å². The number of carbonyl (C=O) groups is 1. The van der Waals surface area contributed by atoms with Crippen LogP contribution in [0.4, 0.5) is 0 Å². The molecule has 12 heavy (non-hydrogen) atoms. The fourth-order valence-corrected chi connectivity index (χ4v) is 1.33. The van der Waals surface area contributed by atoms with Crippen LogP contribution < -0.4 is 0 Å². The fraction of sp³-hybridized carbons (Fsp3) is 0.333. The number of hydrogen-bond donors (Lipinski definition) is 0. The molecule has 0 aliphatic carbocycles. The summed E-state index contributed by atoms with van der Waals surface area (Å²) in [7, 11) is 0. The van der Waals surface area contributed by atoms with Crippen LogP contribution in [-0.4, -0.2) is 31.3 Å². The lowest BCUT2D eigenvalue weighted by molar-refractivity contribution is -0.102. The van der Waals surface area contributed by atoms with Crippen LogP contribution in [-0.2, 0) is 9.53 Å². The molecule has 0 radical (unpaired) electrons. The fourth-order valence-electron chi connectivity index (χ4n) is 1.33. The summed E-state index contributed by atoms with van der Waals surface area (Å²) in [6.07, 6.45) is 6.55. The molecule has 3 nitrogen and oxygen atoms in total. The molecular weight excluding hydrogens is 154 g/mol. The molecule has 2 aliphatic heterocycles. The van der Waals surface area contributed by atoms with Gasteiger partial charge in [0.05, 0.1) is 18.9 Å². The third kappa shape index (κ3) is 1.23. The largest absolute Gasteiger partial charge is 0.368 e. The number of dihydropyridines is 1. The molecule has 0 N–H and O–H groups in total. The smallest absolute Gasteiger partial charge is 0.167 e. The number of fused-ring (bicyclic) bond motifs is 1. The van der Waals surface area contributed by atoms with Gasteiger partial charge in [0.1, 0.15) is 6.10 Å². The number of rotatable bonds is 1. The first-order chi connectivity index (χ1) is 5.90. The lowest BCUT2D eigenvalue weighted by Gasteiger charge is -2.22. The Morgan fingerprint density at radius 1 is 1.67 bits per heavy atom. The molecule has 2 rings (SSSR count). The van der Waals surface area contributed by atoms with Crippen molar-refractivity contribution in [3.8, 4) is 0 Å². The van der Waals surface area contributed by atoms with E-state index in [9.17, 15) is 4.79 Å². The average molecular weight is 163 g/mol. The second-order valence-electron chi connectivity index (χ2n) is 2.75. The van der Waals surface area contributed by atoms with Gasteiger partial charge in [-0.3, -0.25) is 9.79 Å². The van der Waals surface area contributed by atoms with E-state index in [1.165, 1.54) is 0 Å². The van der Waals surface area contributed by atoms with E-state index in [4.69, 9.17) is 4.74 Å². The SMILES string of the molecule is O=CC1=NCC2OCC=CC2=C1. The summed E-state index contributed by atoms with van der Waals surface area (Å²) in [6.45, 7) is 1.22. The zero-order chi connectivity index (χ0) is 8.39. The highest BCUT2D eigenvalue weighted by Gasteiger charge is 2.19. The normalized spacial score (nSPS) is 27.2. The van der Waals surface area contributed by atoms with Gasteiger partial charge in [-0.2, -0.15) is 0 Å². The van der Waals surface area contributed by atoms with Gasteiger partial charge in [0.15, 0.2) is 6.29 Å². The van der Waals surface area contributed by atoms with Crippen LogP contribution in [0.5, 0.6) is 0 Å². The first-order valence-electron chi connectivity index (χ1n) is 3.89. The number of allylic oxidation sites excluding steroid dienone is 1. The van der Waals surface area contributed by atoms with E-state index in [-0.39, 0.29) is 6.10 Å². The molecule has 0 aromatic rings. The maximum absolute atomic E-state index is 10.4. The zero-order valence-corrected chi connectivity index (χ0v) is 6.56. The number of nitrogens with zero attached hydrogens (tertiary/aromatic N) is 1. The van der Waals surface area contributed by atoms with Gasteiger partial charge in [-0.15, -0.1) is 0 Å². The summed E-state index contributed by atoms with van der Waals surface area (Å²) in [6, 6.07) is 0. The molecule has 3 heteroatoms. The average Bonchev–Trinajstić information content (AvgIpc) is 2.17. The maximum atomic E-state index is 10.4. The van der Waals surface area contributed by atoms with Gasteiger partial charge in [-0.1, -0.05) is 12.2 Å². The van der Waals surface area contributed by atoms with E-state index in [0.29, 0.717) is 18.9 Å². The number of carbonyl (C=O) groups excluding carboxylic acids is 1. The number of aliphatic imine (C=N–C) groups is 1. The first-order valence-corrected chi connectivity index (χ1v) is 3.89. The van der Waals surface area contributed by atoms with Gasteiger partial charge in [0, 0.05) is 0 Å². The van der Waals surface area contributed by atoms with Gasteiger partial charge in [0.25, 0.3) is 0 Å². The van der Waals surface area contributed by atoms with Crippen molar-refractivity contribution in [2.24, 2.45) is 4.99 Å². The van der Waals surface area contributed by atoms with E-state index in [1.807, 2.05) is 12.2 Å². The molecule has 2 aliphatic rings. The van der Waals surface area contributed by atoms with Gasteiger partial charge in [-0.05, 0) is 11.6 Å². The van der Waals surface area contributed by atoms with Crippen LogP contribution in [0.2, 0.25) is 0 Å². The topological polar surface area (TPSA) is 38.7 Å². The molecule has 0 saturated carbocycles. The molecule has 1 atom stereocenters. The van der Waals surface area contributed by atoms with Crippen molar-refractivity contribution < 1.29 is 9.53 Å². The number of ether oxygens (including phenoxy) is 1. The minimum Gasteiger partial charge on any atom is -0.368 e.